The van der Waals surface area contributed by atoms with E-state index in [1.54, 1.807) is 36.4 Å². The van der Waals surface area contributed by atoms with E-state index in [2.05, 4.69) is 0 Å². The largest absolute Gasteiger partial charge is 0.454 e. The van der Waals surface area contributed by atoms with Crippen molar-refractivity contribution in [1.29, 1.82) is 0 Å². The van der Waals surface area contributed by atoms with E-state index >= 15 is 0 Å². The lowest BCUT2D eigenvalue weighted by atomic mass is 9.82. The molecule has 0 spiro atoms. The molecular formula is C22H20O8. The molecule has 2 aliphatic heterocycles. The Kier molecular flexibility index (Phi) is 4.82. The topological polar surface area (TPSA) is 89.5 Å². The van der Waals surface area contributed by atoms with Crippen LogP contribution in [0.25, 0.3) is 0 Å². The number of hydrogen-bond acceptors (Lipinski definition) is 8. The lowest BCUT2D eigenvalue weighted by molar-refractivity contribution is -0.145. The molecule has 0 atom stereocenters. The highest BCUT2D eigenvalue weighted by atomic mass is 16.7. The molecule has 2 aromatic carbocycles. The first-order chi connectivity index (χ1) is 14.7. The average molecular weight is 412 g/mol. The van der Waals surface area contributed by atoms with Crippen LogP contribution in [0.1, 0.15) is 25.7 Å². The second-order valence-electron chi connectivity index (χ2n) is 7.42. The van der Waals surface area contributed by atoms with Gasteiger partial charge in [0.15, 0.2) is 23.0 Å². The van der Waals surface area contributed by atoms with Gasteiger partial charge in [0.05, 0.1) is 11.8 Å². The molecule has 0 N–H and O–H groups in total. The third-order valence-electron chi connectivity index (χ3n) is 5.52. The minimum Gasteiger partial charge on any atom is -0.454 e. The number of rotatable bonds is 4. The molecule has 30 heavy (non-hydrogen) atoms. The predicted molar refractivity (Wildman–Crippen MR) is 102 cm³/mol. The lowest BCUT2D eigenvalue weighted by Gasteiger charge is -2.25. The van der Waals surface area contributed by atoms with Gasteiger partial charge >= 0.3 is 11.9 Å². The Morgan fingerprint density at radius 2 is 1.03 bits per heavy atom. The van der Waals surface area contributed by atoms with Gasteiger partial charge in [0.25, 0.3) is 0 Å². The minimum atomic E-state index is -0.295. The molecule has 0 aromatic heterocycles. The molecule has 0 bridgehead atoms. The van der Waals surface area contributed by atoms with Crippen LogP contribution in [0.3, 0.4) is 0 Å². The maximum Gasteiger partial charge on any atom is 0.314 e. The fourth-order valence-corrected chi connectivity index (χ4v) is 3.84. The Morgan fingerprint density at radius 1 is 0.633 bits per heavy atom. The molecule has 0 radical (unpaired) electrons. The summed E-state index contributed by atoms with van der Waals surface area (Å²) in [6.07, 6.45) is 2.29. The van der Waals surface area contributed by atoms with E-state index in [0.717, 1.165) is 0 Å². The maximum absolute atomic E-state index is 12.5. The van der Waals surface area contributed by atoms with Crippen molar-refractivity contribution in [2.75, 3.05) is 13.6 Å². The van der Waals surface area contributed by atoms with Crippen molar-refractivity contribution < 1.29 is 38.0 Å². The quantitative estimate of drug-likeness (QED) is 0.557. The summed E-state index contributed by atoms with van der Waals surface area (Å²) in [4.78, 5) is 25.0. The van der Waals surface area contributed by atoms with Gasteiger partial charge in [-0.25, -0.2) is 0 Å². The molecule has 3 aliphatic rings. The number of ether oxygens (including phenoxy) is 6. The van der Waals surface area contributed by atoms with Crippen molar-refractivity contribution >= 4 is 11.9 Å². The molecule has 8 heteroatoms. The second-order valence-corrected chi connectivity index (χ2v) is 7.42. The van der Waals surface area contributed by atoms with E-state index in [1.807, 2.05) is 0 Å². The van der Waals surface area contributed by atoms with Gasteiger partial charge in [-0.1, -0.05) is 0 Å². The van der Waals surface area contributed by atoms with Gasteiger partial charge in [0.2, 0.25) is 13.6 Å². The molecule has 1 aliphatic carbocycles. The third kappa shape index (κ3) is 3.72. The van der Waals surface area contributed by atoms with Crippen molar-refractivity contribution in [3.05, 3.63) is 36.4 Å². The highest BCUT2D eigenvalue weighted by molar-refractivity contribution is 5.78. The van der Waals surface area contributed by atoms with Crippen molar-refractivity contribution in [2.24, 2.45) is 11.8 Å². The molecule has 8 nitrogen and oxygen atoms in total. The third-order valence-corrected chi connectivity index (χ3v) is 5.52. The zero-order valence-electron chi connectivity index (χ0n) is 16.1. The molecule has 2 aromatic rings. The monoisotopic (exact) mass is 412 g/mol. The van der Waals surface area contributed by atoms with E-state index in [9.17, 15) is 9.59 Å². The van der Waals surface area contributed by atoms with Gasteiger partial charge < -0.3 is 28.4 Å². The van der Waals surface area contributed by atoms with Gasteiger partial charge in [-0.05, 0) is 49.9 Å². The first-order valence-corrected chi connectivity index (χ1v) is 9.88. The highest BCUT2D eigenvalue weighted by Gasteiger charge is 2.32. The Labute approximate surface area is 172 Å². The molecule has 2 heterocycles. The summed E-state index contributed by atoms with van der Waals surface area (Å²) in [6, 6.07) is 10.1. The van der Waals surface area contributed by atoms with Crippen LogP contribution in [0.4, 0.5) is 0 Å². The Balaban J connectivity index is 1.13. The van der Waals surface area contributed by atoms with Gasteiger partial charge in [-0.3, -0.25) is 9.59 Å². The molecule has 1 saturated carbocycles. The normalized spacial score (nSPS) is 21.2. The summed E-state index contributed by atoms with van der Waals surface area (Å²) in [5.41, 5.74) is 0. The van der Waals surface area contributed by atoms with Crippen LogP contribution < -0.4 is 28.4 Å². The van der Waals surface area contributed by atoms with Crippen LogP contribution in [-0.4, -0.2) is 25.5 Å². The first-order valence-electron chi connectivity index (χ1n) is 9.88. The van der Waals surface area contributed by atoms with Crippen molar-refractivity contribution in [3.8, 4) is 34.5 Å². The molecule has 0 saturated heterocycles. The van der Waals surface area contributed by atoms with Crippen molar-refractivity contribution in [3.63, 3.8) is 0 Å². The summed E-state index contributed by atoms with van der Waals surface area (Å²) >= 11 is 0. The number of benzene rings is 2. The van der Waals surface area contributed by atoms with E-state index in [-0.39, 0.29) is 37.4 Å². The molecule has 0 unspecified atom stereocenters. The Morgan fingerprint density at radius 3 is 1.47 bits per heavy atom. The minimum absolute atomic E-state index is 0.166. The lowest BCUT2D eigenvalue weighted by Crippen LogP contribution is -2.30. The Hall–Kier alpha value is -3.42. The molecule has 0 amide bonds. The first kappa shape index (κ1) is 18.6. The van der Waals surface area contributed by atoms with Crippen LogP contribution in [0.2, 0.25) is 0 Å². The van der Waals surface area contributed by atoms with E-state index in [0.29, 0.717) is 60.2 Å². The maximum atomic E-state index is 12.5. The van der Waals surface area contributed by atoms with Crippen LogP contribution >= 0.6 is 0 Å². The molecule has 156 valence electrons. The summed E-state index contributed by atoms with van der Waals surface area (Å²) in [5, 5.41) is 0. The average Bonchev–Trinajstić information content (AvgIpc) is 3.42. The number of carbonyl (C=O) groups is 2. The van der Waals surface area contributed by atoms with Crippen LogP contribution in [0.15, 0.2) is 36.4 Å². The Bertz CT molecular complexity index is 898. The highest BCUT2D eigenvalue weighted by Crippen LogP contribution is 2.38. The standard InChI is InChI=1S/C22H20O8/c23-21(29-15-5-7-17-19(9-15)27-11-25-17)13-1-2-14(4-3-13)22(24)30-16-6-8-18-20(10-16)28-12-26-18/h5-10,13-14H,1-4,11-12H2. The van der Waals surface area contributed by atoms with Crippen molar-refractivity contribution in [1.82, 2.24) is 0 Å². The van der Waals surface area contributed by atoms with Gasteiger partial charge in [0, 0.05) is 12.1 Å². The van der Waals surface area contributed by atoms with E-state index < -0.39 is 0 Å². The molecule has 1 fully saturated rings. The number of carbonyl (C=O) groups excluding carboxylic acids is 2. The number of esters is 2. The van der Waals surface area contributed by atoms with Crippen LogP contribution in [-0.2, 0) is 9.59 Å². The fourth-order valence-electron chi connectivity index (χ4n) is 3.84. The number of hydrogen-bond donors (Lipinski definition) is 0. The SMILES string of the molecule is O=C(Oc1ccc2c(c1)OCO2)C1CCC(C(=O)Oc2ccc3c(c2)OCO3)CC1. The second kappa shape index (κ2) is 7.78. The smallest absolute Gasteiger partial charge is 0.314 e. The summed E-state index contributed by atoms with van der Waals surface area (Å²) in [6.45, 7) is 0.332. The summed E-state index contributed by atoms with van der Waals surface area (Å²) in [5.74, 6) is 2.17. The molecule has 5 rings (SSSR count). The summed E-state index contributed by atoms with van der Waals surface area (Å²) in [7, 11) is 0. The van der Waals surface area contributed by atoms with Gasteiger partial charge in [-0.2, -0.15) is 0 Å². The van der Waals surface area contributed by atoms with Gasteiger partial charge in [-0.15, -0.1) is 0 Å². The predicted octanol–water partition coefficient (Wildman–Crippen LogP) is 3.46. The zero-order chi connectivity index (χ0) is 20.5. The molecular weight excluding hydrogens is 392 g/mol. The van der Waals surface area contributed by atoms with E-state index in [1.165, 1.54) is 0 Å². The van der Waals surface area contributed by atoms with Gasteiger partial charge in [0.1, 0.15) is 11.5 Å². The van der Waals surface area contributed by atoms with Crippen LogP contribution in [0, 0.1) is 11.8 Å². The number of fused-ring (bicyclic) bond motifs is 2. The summed E-state index contributed by atoms with van der Waals surface area (Å²) < 4.78 is 32.1. The fraction of sp³-hybridized carbons (Fsp3) is 0.364. The van der Waals surface area contributed by atoms with Crippen molar-refractivity contribution in [2.45, 2.75) is 25.7 Å². The zero-order valence-corrected chi connectivity index (χ0v) is 16.1. The van der Waals surface area contributed by atoms with E-state index in [4.69, 9.17) is 28.4 Å². The van der Waals surface area contributed by atoms with Crippen LogP contribution in [0.5, 0.6) is 34.5 Å².